The van der Waals surface area contributed by atoms with E-state index in [0.717, 1.165) is 11.1 Å². The second-order valence-electron chi connectivity index (χ2n) is 5.66. The molecule has 0 saturated heterocycles. The lowest BCUT2D eigenvalue weighted by Gasteiger charge is -2.07. The monoisotopic (exact) mass is 386 g/mol. The maximum atomic E-state index is 5.74. The van der Waals surface area contributed by atoms with Crippen LogP contribution in [0.25, 0.3) is 11.1 Å². The van der Waals surface area contributed by atoms with Gasteiger partial charge in [-0.05, 0) is 47.5 Å². The van der Waals surface area contributed by atoms with Gasteiger partial charge in [-0.3, -0.25) is 0 Å². The molecule has 3 rings (SSSR count). The van der Waals surface area contributed by atoms with Crippen molar-refractivity contribution < 1.29 is 0 Å². The van der Waals surface area contributed by atoms with Crippen LogP contribution in [0.2, 0.25) is 0 Å². The first-order valence-corrected chi connectivity index (χ1v) is 8.45. The third-order valence-electron chi connectivity index (χ3n) is 3.68. The Morgan fingerprint density at radius 1 is 0.423 bits per heavy atom. The van der Waals surface area contributed by atoms with Gasteiger partial charge in [0.05, 0.1) is 22.7 Å². The number of rotatable bonds is 1. The molecule has 8 heteroatoms. The lowest BCUT2D eigenvalue weighted by atomic mass is 10.0. The molecule has 0 amide bonds. The smallest absolute Gasteiger partial charge is 0.0554 e. The highest BCUT2D eigenvalue weighted by Gasteiger charge is 2.02. The first-order valence-electron chi connectivity index (χ1n) is 7.56. The van der Waals surface area contributed by atoms with Crippen molar-refractivity contribution in [3.05, 3.63) is 48.5 Å². The predicted molar refractivity (Wildman–Crippen MR) is 119 cm³/mol. The lowest BCUT2D eigenvalue weighted by molar-refractivity contribution is 1.36. The molecular weight excluding hydrogens is 364 g/mol. The fourth-order valence-corrected chi connectivity index (χ4v) is 2.61. The molecule has 0 bridgehead atoms. The molecule has 0 radical (unpaired) electrons. The summed E-state index contributed by atoms with van der Waals surface area (Å²) >= 11 is 8.17. The summed E-state index contributed by atoms with van der Waals surface area (Å²) in [7, 11) is 0. The van der Waals surface area contributed by atoms with E-state index in [1.165, 1.54) is 0 Å². The van der Waals surface area contributed by atoms with Crippen LogP contribution in [0.15, 0.2) is 58.3 Å². The maximum absolute atomic E-state index is 5.74. The van der Waals surface area contributed by atoms with Crippen LogP contribution in [-0.4, -0.2) is 0 Å². The number of hydrogen-bond acceptors (Lipinski definition) is 8. The average Bonchev–Trinajstić information content (AvgIpc) is 2.59. The highest BCUT2D eigenvalue weighted by atomic mass is 32.1. The zero-order valence-corrected chi connectivity index (χ0v) is 15.8. The van der Waals surface area contributed by atoms with Gasteiger partial charge >= 0.3 is 0 Å². The minimum atomic E-state index is 0.563. The van der Waals surface area contributed by atoms with Crippen LogP contribution in [0.5, 0.6) is 0 Å². The summed E-state index contributed by atoms with van der Waals surface area (Å²) in [5.74, 6) is 0. The van der Waals surface area contributed by atoms with Crippen LogP contribution in [0.1, 0.15) is 0 Å². The Morgan fingerprint density at radius 3 is 1.12 bits per heavy atom. The molecule has 136 valence electrons. The molecule has 0 fully saturated rings. The van der Waals surface area contributed by atoms with E-state index in [1.807, 2.05) is 24.3 Å². The van der Waals surface area contributed by atoms with Gasteiger partial charge in [-0.15, -0.1) is 25.3 Å². The minimum Gasteiger partial charge on any atom is -0.398 e. The Balaban J connectivity index is 0.000000209. The number of nitrogens with two attached hydrogens (primary N) is 6. The van der Waals surface area contributed by atoms with Gasteiger partial charge < -0.3 is 34.4 Å². The van der Waals surface area contributed by atoms with Crippen LogP contribution in [-0.2, 0) is 0 Å². The normalized spacial score (nSPS) is 10.1. The van der Waals surface area contributed by atoms with E-state index in [4.69, 9.17) is 34.4 Å². The Hall–Kier alpha value is -2.84. The van der Waals surface area contributed by atoms with Crippen LogP contribution < -0.4 is 34.4 Å². The van der Waals surface area contributed by atoms with Gasteiger partial charge in [0.15, 0.2) is 0 Å². The molecule has 3 aromatic carbocycles. The summed E-state index contributed by atoms with van der Waals surface area (Å²) in [6.45, 7) is 0. The molecule has 3 aromatic rings. The molecule has 26 heavy (non-hydrogen) atoms. The summed E-state index contributed by atoms with van der Waals surface area (Å²) in [6.07, 6.45) is 0. The lowest BCUT2D eigenvalue weighted by Crippen LogP contribution is -1.96. The Labute approximate surface area is 163 Å². The number of hydrogen-bond donors (Lipinski definition) is 8. The van der Waals surface area contributed by atoms with E-state index in [2.05, 4.69) is 25.3 Å². The third-order valence-corrected chi connectivity index (χ3v) is 4.46. The summed E-state index contributed by atoms with van der Waals surface area (Å²) in [6, 6.07) is 14.4. The minimum absolute atomic E-state index is 0.563. The second-order valence-corrected chi connectivity index (χ2v) is 6.62. The van der Waals surface area contributed by atoms with E-state index in [0.29, 0.717) is 43.9 Å². The molecule has 12 N–H and O–H groups in total. The molecule has 0 aliphatic carbocycles. The molecule has 0 aliphatic rings. The first-order chi connectivity index (χ1) is 12.2. The van der Waals surface area contributed by atoms with Gasteiger partial charge in [0.1, 0.15) is 0 Å². The van der Waals surface area contributed by atoms with Gasteiger partial charge in [-0.2, -0.15) is 0 Å². The molecular formula is C18H22N6S2. The van der Waals surface area contributed by atoms with Crippen molar-refractivity contribution >= 4 is 59.4 Å². The van der Waals surface area contributed by atoms with Gasteiger partial charge in [-0.25, -0.2) is 0 Å². The quantitative estimate of drug-likeness (QED) is 0.237. The van der Waals surface area contributed by atoms with Crippen LogP contribution >= 0.6 is 25.3 Å². The SMILES string of the molecule is Nc1cc(N)c(S)cc1S.Nc1ccc(-c2ccc(N)c(N)c2)cc1N. The molecule has 6 nitrogen and oxygen atoms in total. The number of thiol groups is 2. The standard InChI is InChI=1S/C12H14N4.C6H8N2S2/c13-9-3-1-7(5-11(9)15)8-2-4-10(14)12(16)6-8;7-3-1-4(8)6(10)2-5(3)9/h1-6H,13-16H2;1-2,9-10H,7-8H2. The van der Waals surface area contributed by atoms with Crippen LogP contribution in [0.3, 0.4) is 0 Å². The highest BCUT2D eigenvalue weighted by molar-refractivity contribution is 7.81. The third kappa shape index (κ3) is 4.62. The second kappa shape index (κ2) is 8.03. The number of nitrogen functional groups attached to an aromatic ring is 6. The summed E-state index contributed by atoms with van der Waals surface area (Å²) < 4.78 is 0. The molecule has 0 spiro atoms. The van der Waals surface area contributed by atoms with Crippen molar-refractivity contribution in [2.75, 3.05) is 34.4 Å². The Morgan fingerprint density at radius 2 is 0.808 bits per heavy atom. The number of anilines is 6. The highest BCUT2D eigenvalue weighted by Crippen LogP contribution is 2.28. The predicted octanol–water partition coefficient (Wildman–Crippen LogP) is 3.11. The largest absolute Gasteiger partial charge is 0.398 e. The molecule has 0 atom stereocenters. The fourth-order valence-electron chi connectivity index (χ4n) is 2.12. The van der Waals surface area contributed by atoms with Crippen molar-refractivity contribution in [2.45, 2.75) is 9.79 Å². The van der Waals surface area contributed by atoms with Crippen molar-refractivity contribution in [3.63, 3.8) is 0 Å². The number of benzene rings is 3. The fraction of sp³-hybridized carbons (Fsp3) is 0. The summed E-state index contributed by atoms with van der Waals surface area (Å²) in [4.78, 5) is 1.42. The van der Waals surface area contributed by atoms with E-state index in [1.54, 1.807) is 24.3 Å². The van der Waals surface area contributed by atoms with E-state index in [9.17, 15) is 0 Å². The van der Waals surface area contributed by atoms with Crippen molar-refractivity contribution in [1.29, 1.82) is 0 Å². The molecule has 0 unspecified atom stereocenters. The zero-order valence-electron chi connectivity index (χ0n) is 14.0. The first kappa shape index (κ1) is 19.5. The Bertz CT molecular complexity index is 843. The van der Waals surface area contributed by atoms with E-state index in [-0.39, 0.29) is 0 Å². The summed E-state index contributed by atoms with van der Waals surface area (Å²) in [5.41, 5.74) is 39.2. The van der Waals surface area contributed by atoms with Gasteiger partial charge in [-0.1, -0.05) is 12.1 Å². The molecule has 0 aliphatic heterocycles. The molecule has 0 saturated carbocycles. The van der Waals surface area contributed by atoms with Gasteiger partial charge in [0.25, 0.3) is 0 Å². The van der Waals surface area contributed by atoms with Crippen molar-refractivity contribution in [1.82, 2.24) is 0 Å². The van der Waals surface area contributed by atoms with E-state index < -0.39 is 0 Å². The average molecular weight is 387 g/mol. The zero-order chi connectivity index (χ0) is 19.4. The van der Waals surface area contributed by atoms with Crippen LogP contribution in [0.4, 0.5) is 34.1 Å². The van der Waals surface area contributed by atoms with Gasteiger partial charge in [0.2, 0.25) is 0 Å². The molecule has 0 heterocycles. The summed E-state index contributed by atoms with van der Waals surface area (Å²) in [5, 5.41) is 0. The van der Waals surface area contributed by atoms with Gasteiger partial charge in [0, 0.05) is 21.2 Å². The van der Waals surface area contributed by atoms with E-state index >= 15 is 0 Å². The van der Waals surface area contributed by atoms with Crippen molar-refractivity contribution in [3.8, 4) is 11.1 Å². The topological polar surface area (TPSA) is 156 Å². The van der Waals surface area contributed by atoms with Crippen LogP contribution in [0, 0.1) is 0 Å². The van der Waals surface area contributed by atoms with Crippen molar-refractivity contribution in [2.24, 2.45) is 0 Å². The molecule has 0 aromatic heterocycles. The Kier molecular flexibility index (Phi) is 6.01. The maximum Gasteiger partial charge on any atom is 0.0554 e.